The molecule has 3 rings (SSSR count). The molecule has 9 heteroatoms. The fourth-order valence-corrected chi connectivity index (χ4v) is 4.35. The van der Waals surface area contributed by atoms with E-state index in [2.05, 4.69) is 5.32 Å². The second kappa shape index (κ2) is 9.31. The van der Waals surface area contributed by atoms with Crippen LogP contribution < -0.4 is 20.1 Å². The van der Waals surface area contributed by atoms with Crippen LogP contribution in [0.25, 0.3) is 0 Å². The van der Waals surface area contributed by atoms with Crippen molar-refractivity contribution in [2.45, 2.75) is 4.90 Å². The van der Waals surface area contributed by atoms with Gasteiger partial charge in [0, 0.05) is 0 Å². The average molecular weight is 439 g/mol. The van der Waals surface area contributed by atoms with Gasteiger partial charge in [-0.3, -0.25) is 13.9 Å². The number of ether oxygens (including phenoxy) is 1. The Morgan fingerprint density at radius 3 is 2.16 bits per heavy atom. The number of amides is 2. The number of benzene rings is 3. The molecule has 3 N–H and O–H groups in total. The number of rotatable bonds is 8. The summed E-state index contributed by atoms with van der Waals surface area (Å²) in [5.74, 6) is -0.801. The number of primary amides is 1. The van der Waals surface area contributed by atoms with Crippen LogP contribution in [0.15, 0.2) is 83.8 Å². The monoisotopic (exact) mass is 439 g/mol. The number of hydrogen-bond acceptors (Lipinski definition) is 5. The Kier molecular flexibility index (Phi) is 6.56. The number of carbonyl (C=O) groups is 2. The molecule has 31 heavy (non-hydrogen) atoms. The van der Waals surface area contributed by atoms with E-state index in [-0.39, 0.29) is 21.8 Å². The van der Waals surface area contributed by atoms with Crippen molar-refractivity contribution >= 4 is 33.2 Å². The zero-order valence-corrected chi connectivity index (χ0v) is 17.5. The summed E-state index contributed by atoms with van der Waals surface area (Å²) < 4.78 is 32.7. The first-order chi connectivity index (χ1) is 14.8. The van der Waals surface area contributed by atoms with Gasteiger partial charge in [0.2, 0.25) is 5.91 Å². The molecular formula is C22H21N3O5S. The van der Waals surface area contributed by atoms with Crippen LogP contribution in [0, 0.1) is 0 Å². The molecule has 160 valence electrons. The molecular weight excluding hydrogens is 418 g/mol. The van der Waals surface area contributed by atoms with Gasteiger partial charge in [0.25, 0.3) is 15.9 Å². The van der Waals surface area contributed by atoms with Gasteiger partial charge in [0.1, 0.15) is 12.3 Å². The molecule has 3 aromatic carbocycles. The predicted molar refractivity (Wildman–Crippen MR) is 118 cm³/mol. The highest BCUT2D eigenvalue weighted by atomic mass is 32.2. The predicted octanol–water partition coefficient (Wildman–Crippen LogP) is 2.63. The number of hydrogen-bond donors (Lipinski definition) is 2. The number of nitrogens with zero attached hydrogens (tertiary/aromatic N) is 1. The molecule has 3 aromatic rings. The molecule has 0 saturated carbocycles. The lowest BCUT2D eigenvalue weighted by Gasteiger charge is -2.24. The largest absolute Gasteiger partial charge is 0.497 e. The van der Waals surface area contributed by atoms with Gasteiger partial charge < -0.3 is 15.8 Å². The zero-order chi connectivity index (χ0) is 22.4. The number of sulfonamides is 1. The van der Waals surface area contributed by atoms with Gasteiger partial charge in [-0.1, -0.05) is 30.3 Å². The highest BCUT2D eigenvalue weighted by molar-refractivity contribution is 7.92. The van der Waals surface area contributed by atoms with Gasteiger partial charge in [-0.15, -0.1) is 0 Å². The zero-order valence-electron chi connectivity index (χ0n) is 16.7. The van der Waals surface area contributed by atoms with Gasteiger partial charge >= 0.3 is 0 Å². The van der Waals surface area contributed by atoms with Crippen molar-refractivity contribution in [2.75, 3.05) is 23.3 Å². The Morgan fingerprint density at radius 2 is 1.55 bits per heavy atom. The van der Waals surface area contributed by atoms with E-state index in [9.17, 15) is 18.0 Å². The Hall–Kier alpha value is -3.85. The molecule has 0 aliphatic rings. The smallest absolute Gasteiger partial charge is 0.264 e. The number of nitrogens with two attached hydrogens (primary N) is 1. The topological polar surface area (TPSA) is 119 Å². The van der Waals surface area contributed by atoms with Crippen LogP contribution in [-0.2, 0) is 14.8 Å². The standard InChI is InChI=1S/C22H21N3O5S/c1-30-17-13-11-16(12-14-17)25(31(28,29)18-7-3-2-4-8-18)15-21(26)24-20-10-6-5-9-19(20)22(23)27/h2-14H,15H2,1H3,(H2,23,27)(H,24,26). The van der Waals surface area contributed by atoms with Crippen LogP contribution in [0.3, 0.4) is 0 Å². The highest BCUT2D eigenvalue weighted by Crippen LogP contribution is 2.26. The molecule has 0 radical (unpaired) electrons. The van der Waals surface area contributed by atoms with Crippen LogP contribution >= 0.6 is 0 Å². The minimum absolute atomic E-state index is 0.0381. The van der Waals surface area contributed by atoms with Crippen molar-refractivity contribution in [1.29, 1.82) is 0 Å². The maximum Gasteiger partial charge on any atom is 0.264 e. The number of carbonyl (C=O) groups excluding carboxylic acids is 2. The maximum absolute atomic E-state index is 13.3. The first-order valence-electron chi connectivity index (χ1n) is 9.23. The number of para-hydroxylation sites is 1. The third kappa shape index (κ3) is 5.01. The third-order valence-corrected chi connectivity index (χ3v) is 6.23. The minimum atomic E-state index is -4.05. The molecule has 0 aliphatic carbocycles. The van der Waals surface area contributed by atoms with Gasteiger partial charge in [-0.2, -0.15) is 0 Å². The van der Waals surface area contributed by atoms with E-state index in [1.165, 1.54) is 31.4 Å². The number of nitrogens with one attached hydrogen (secondary N) is 1. The Bertz CT molecular complexity index is 1180. The number of methoxy groups -OCH3 is 1. The van der Waals surface area contributed by atoms with Crippen molar-refractivity contribution in [3.05, 3.63) is 84.4 Å². The second-order valence-corrected chi connectivity index (χ2v) is 8.34. The summed E-state index contributed by atoms with van der Waals surface area (Å²) >= 11 is 0. The maximum atomic E-state index is 13.3. The van der Waals surface area contributed by atoms with Crippen LogP contribution in [0.1, 0.15) is 10.4 Å². The fraction of sp³-hybridized carbons (Fsp3) is 0.0909. The molecule has 0 aromatic heterocycles. The Labute approximate surface area is 180 Å². The average Bonchev–Trinajstić information content (AvgIpc) is 2.78. The van der Waals surface area contributed by atoms with E-state index < -0.39 is 28.4 Å². The molecule has 0 fully saturated rings. The van der Waals surface area contributed by atoms with Gasteiger partial charge in [-0.05, 0) is 48.5 Å². The number of anilines is 2. The van der Waals surface area contributed by atoms with Crippen molar-refractivity contribution in [2.24, 2.45) is 5.73 Å². The summed E-state index contributed by atoms with van der Waals surface area (Å²) in [5, 5.41) is 2.57. The summed E-state index contributed by atoms with van der Waals surface area (Å²) in [6, 6.07) is 20.3. The second-order valence-electron chi connectivity index (χ2n) is 6.48. The van der Waals surface area contributed by atoms with E-state index in [0.717, 1.165) is 4.31 Å². The van der Waals surface area contributed by atoms with E-state index in [1.807, 2.05) is 0 Å². The lowest BCUT2D eigenvalue weighted by molar-refractivity contribution is -0.114. The molecule has 0 atom stereocenters. The van der Waals surface area contributed by atoms with Crippen molar-refractivity contribution < 1.29 is 22.7 Å². The van der Waals surface area contributed by atoms with Crippen molar-refractivity contribution in [3.8, 4) is 5.75 Å². The van der Waals surface area contributed by atoms with Gasteiger partial charge in [0.05, 0.1) is 28.9 Å². The quantitative estimate of drug-likeness (QED) is 0.559. The summed E-state index contributed by atoms with van der Waals surface area (Å²) in [5.41, 5.74) is 5.95. The molecule has 0 aliphatic heterocycles. The van der Waals surface area contributed by atoms with Crippen LogP contribution in [0.4, 0.5) is 11.4 Å². The Morgan fingerprint density at radius 1 is 0.935 bits per heavy atom. The fourth-order valence-electron chi connectivity index (χ4n) is 2.91. The first kappa shape index (κ1) is 21.8. The van der Waals surface area contributed by atoms with Gasteiger partial charge in [-0.25, -0.2) is 8.42 Å². The minimum Gasteiger partial charge on any atom is -0.497 e. The molecule has 0 saturated heterocycles. The molecule has 0 heterocycles. The first-order valence-corrected chi connectivity index (χ1v) is 10.7. The van der Waals surface area contributed by atoms with E-state index in [1.54, 1.807) is 54.6 Å². The normalized spacial score (nSPS) is 10.9. The molecule has 8 nitrogen and oxygen atoms in total. The summed E-state index contributed by atoms with van der Waals surface area (Å²) in [7, 11) is -2.55. The summed E-state index contributed by atoms with van der Waals surface area (Å²) in [6.45, 7) is -0.517. The molecule has 0 bridgehead atoms. The molecule has 0 unspecified atom stereocenters. The third-order valence-electron chi connectivity index (χ3n) is 4.45. The van der Waals surface area contributed by atoms with Crippen LogP contribution in [0.2, 0.25) is 0 Å². The van der Waals surface area contributed by atoms with Gasteiger partial charge in [0.15, 0.2) is 0 Å². The summed E-state index contributed by atoms with van der Waals surface area (Å²) in [4.78, 5) is 24.4. The van der Waals surface area contributed by atoms with Crippen molar-refractivity contribution in [1.82, 2.24) is 0 Å². The van der Waals surface area contributed by atoms with E-state index in [0.29, 0.717) is 5.75 Å². The Balaban J connectivity index is 1.95. The van der Waals surface area contributed by atoms with Crippen molar-refractivity contribution in [3.63, 3.8) is 0 Å². The van der Waals surface area contributed by atoms with E-state index in [4.69, 9.17) is 10.5 Å². The highest BCUT2D eigenvalue weighted by Gasteiger charge is 2.27. The lowest BCUT2D eigenvalue weighted by atomic mass is 10.1. The van der Waals surface area contributed by atoms with Crippen LogP contribution in [0.5, 0.6) is 5.75 Å². The van der Waals surface area contributed by atoms with E-state index >= 15 is 0 Å². The lowest BCUT2D eigenvalue weighted by Crippen LogP contribution is -2.38. The summed E-state index contributed by atoms with van der Waals surface area (Å²) in [6.07, 6.45) is 0. The van der Waals surface area contributed by atoms with Crippen LogP contribution in [-0.4, -0.2) is 33.9 Å². The molecule has 0 spiro atoms. The molecule has 2 amide bonds. The SMILES string of the molecule is COc1ccc(N(CC(=O)Nc2ccccc2C(N)=O)S(=O)(=O)c2ccccc2)cc1.